The van der Waals surface area contributed by atoms with Crippen LogP contribution in [0.2, 0.25) is 0 Å². The number of thioether (sulfide) groups is 1. The van der Waals surface area contributed by atoms with Gasteiger partial charge in [-0.25, -0.2) is 4.98 Å². The Morgan fingerprint density at radius 1 is 1.33 bits per heavy atom. The SMILES string of the molecule is CN=C(NCc1cccc(Cn2ccnc2C)c1)NC1CCC(SC)C1.I. The van der Waals surface area contributed by atoms with Gasteiger partial charge in [0.05, 0.1) is 0 Å². The Labute approximate surface area is 183 Å². The number of aliphatic imine (C=N–C) groups is 1. The van der Waals surface area contributed by atoms with Crippen molar-refractivity contribution in [1.29, 1.82) is 0 Å². The standard InChI is InChI=1S/C20H29N5S.HI/c1-15-22-9-10-25(15)14-17-6-4-5-16(11-17)13-23-20(21-2)24-18-7-8-19(12-18)26-3;/h4-6,9-11,18-19H,7-8,12-14H2,1-3H3,(H2,21,23,24);1H. The van der Waals surface area contributed by atoms with Gasteiger partial charge >= 0.3 is 0 Å². The van der Waals surface area contributed by atoms with E-state index in [-0.39, 0.29) is 24.0 Å². The van der Waals surface area contributed by atoms with Gasteiger partial charge in [-0.2, -0.15) is 11.8 Å². The number of nitrogens with one attached hydrogen (secondary N) is 2. The van der Waals surface area contributed by atoms with Crippen LogP contribution in [0.5, 0.6) is 0 Å². The monoisotopic (exact) mass is 499 g/mol. The van der Waals surface area contributed by atoms with Crippen molar-refractivity contribution in [2.45, 2.75) is 50.6 Å². The van der Waals surface area contributed by atoms with Crippen molar-refractivity contribution in [3.63, 3.8) is 0 Å². The number of aryl methyl sites for hydroxylation is 1. The maximum Gasteiger partial charge on any atom is 0.191 e. The zero-order valence-electron chi connectivity index (χ0n) is 16.3. The lowest BCUT2D eigenvalue weighted by molar-refractivity contribution is 0.614. The fourth-order valence-electron chi connectivity index (χ4n) is 3.46. The first-order valence-corrected chi connectivity index (χ1v) is 10.5. The van der Waals surface area contributed by atoms with Gasteiger partial charge in [-0.15, -0.1) is 24.0 Å². The highest BCUT2D eigenvalue weighted by molar-refractivity contribution is 14.0. The zero-order valence-corrected chi connectivity index (χ0v) is 19.5. The molecular weight excluding hydrogens is 469 g/mol. The maximum absolute atomic E-state index is 4.39. The molecule has 2 unspecified atom stereocenters. The summed E-state index contributed by atoms with van der Waals surface area (Å²) in [5, 5.41) is 7.81. The molecule has 2 N–H and O–H groups in total. The van der Waals surface area contributed by atoms with Crippen LogP contribution in [0.25, 0.3) is 0 Å². The van der Waals surface area contributed by atoms with Crippen molar-refractivity contribution in [2.75, 3.05) is 13.3 Å². The molecule has 0 saturated heterocycles. The highest BCUT2D eigenvalue weighted by Gasteiger charge is 2.24. The second-order valence-electron chi connectivity index (χ2n) is 6.86. The number of hydrogen-bond donors (Lipinski definition) is 2. The van der Waals surface area contributed by atoms with E-state index in [9.17, 15) is 0 Å². The minimum Gasteiger partial charge on any atom is -0.354 e. The normalized spacial score (nSPS) is 19.6. The second-order valence-corrected chi connectivity index (χ2v) is 8.00. The second kappa shape index (κ2) is 10.9. The van der Waals surface area contributed by atoms with E-state index in [1.807, 2.05) is 38.1 Å². The van der Waals surface area contributed by atoms with Gasteiger partial charge in [-0.1, -0.05) is 24.3 Å². The predicted molar refractivity (Wildman–Crippen MR) is 126 cm³/mol. The summed E-state index contributed by atoms with van der Waals surface area (Å²) in [4.78, 5) is 8.68. The molecule has 0 spiro atoms. The third-order valence-corrected chi connectivity index (χ3v) is 6.11. The number of nitrogens with zero attached hydrogens (tertiary/aromatic N) is 3. The van der Waals surface area contributed by atoms with E-state index in [0.717, 1.165) is 30.1 Å². The van der Waals surface area contributed by atoms with Gasteiger partial charge in [0.1, 0.15) is 5.82 Å². The molecule has 7 heteroatoms. The summed E-state index contributed by atoms with van der Waals surface area (Å²) >= 11 is 1.98. The molecule has 1 heterocycles. The largest absolute Gasteiger partial charge is 0.354 e. The molecule has 1 saturated carbocycles. The van der Waals surface area contributed by atoms with E-state index >= 15 is 0 Å². The summed E-state index contributed by atoms with van der Waals surface area (Å²) in [5.74, 6) is 1.94. The summed E-state index contributed by atoms with van der Waals surface area (Å²) in [6, 6.07) is 9.23. The first kappa shape index (κ1) is 22.1. The Balaban J connectivity index is 0.00000261. The number of halogens is 1. The third kappa shape index (κ3) is 6.41. The van der Waals surface area contributed by atoms with E-state index in [2.05, 4.69) is 55.7 Å². The van der Waals surface area contributed by atoms with Gasteiger partial charge in [0.15, 0.2) is 5.96 Å². The molecule has 0 amide bonds. The quantitative estimate of drug-likeness (QED) is 0.361. The van der Waals surface area contributed by atoms with Crippen molar-refractivity contribution in [2.24, 2.45) is 4.99 Å². The van der Waals surface area contributed by atoms with Crippen LogP contribution in [0.3, 0.4) is 0 Å². The first-order chi connectivity index (χ1) is 12.7. The minimum absolute atomic E-state index is 0. The highest BCUT2D eigenvalue weighted by Crippen LogP contribution is 2.28. The molecule has 1 fully saturated rings. The molecule has 3 rings (SSSR count). The van der Waals surface area contributed by atoms with Crippen molar-refractivity contribution < 1.29 is 0 Å². The zero-order chi connectivity index (χ0) is 18.4. The number of benzene rings is 1. The van der Waals surface area contributed by atoms with Crippen LogP contribution < -0.4 is 10.6 Å². The summed E-state index contributed by atoms with van der Waals surface area (Å²) in [6.45, 7) is 3.66. The van der Waals surface area contributed by atoms with Crippen LogP contribution in [0, 0.1) is 6.92 Å². The number of rotatable bonds is 6. The lowest BCUT2D eigenvalue weighted by atomic mass is 10.1. The molecular formula is C20H30IN5S. The molecule has 1 aromatic carbocycles. The van der Waals surface area contributed by atoms with E-state index in [1.54, 1.807) is 0 Å². The molecule has 2 atom stereocenters. The molecule has 1 aromatic heterocycles. The van der Waals surface area contributed by atoms with Crippen LogP contribution in [-0.2, 0) is 13.1 Å². The van der Waals surface area contributed by atoms with Crippen LogP contribution in [0.15, 0.2) is 41.7 Å². The fraction of sp³-hybridized carbons (Fsp3) is 0.500. The lowest BCUT2D eigenvalue weighted by Gasteiger charge is -2.17. The topological polar surface area (TPSA) is 54.2 Å². The van der Waals surface area contributed by atoms with Crippen LogP contribution in [-0.4, -0.2) is 40.1 Å². The third-order valence-electron chi connectivity index (χ3n) is 5.01. The maximum atomic E-state index is 4.39. The van der Waals surface area contributed by atoms with Gasteiger partial charge in [0, 0.05) is 43.8 Å². The molecule has 5 nitrogen and oxygen atoms in total. The molecule has 0 aliphatic heterocycles. The molecule has 27 heavy (non-hydrogen) atoms. The summed E-state index contributed by atoms with van der Waals surface area (Å²) in [6.07, 6.45) is 9.83. The van der Waals surface area contributed by atoms with E-state index in [1.165, 1.54) is 30.4 Å². The molecule has 2 aromatic rings. The minimum atomic E-state index is 0. The lowest BCUT2D eigenvalue weighted by Crippen LogP contribution is -2.42. The number of aromatic nitrogens is 2. The van der Waals surface area contributed by atoms with E-state index in [4.69, 9.17) is 0 Å². The van der Waals surface area contributed by atoms with Gasteiger partial charge in [0.2, 0.25) is 0 Å². The fourth-order valence-corrected chi connectivity index (χ4v) is 4.26. The van der Waals surface area contributed by atoms with Gasteiger partial charge in [-0.3, -0.25) is 4.99 Å². The van der Waals surface area contributed by atoms with Crippen LogP contribution >= 0.6 is 35.7 Å². The number of guanidine groups is 1. The Morgan fingerprint density at radius 2 is 2.15 bits per heavy atom. The van der Waals surface area contributed by atoms with E-state index < -0.39 is 0 Å². The Bertz CT molecular complexity index is 745. The van der Waals surface area contributed by atoms with Crippen LogP contribution in [0.4, 0.5) is 0 Å². The average molecular weight is 499 g/mol. The van der Waals surface area contributed by atoms with Crippen molar-refractivity contribution in [3.05, 3.63) is 53.6 Å². The Hall–Kier alpha value is -1.22. The van der Waals surface area contributed by atoms with Crippen molar-refractivity contribution >= 4 is 41.7 Å². The predicted octanol–water partition coefficient (Wildman–Crippen LogP) is 3.81. The van der Waals surface area contributed by atoms with Gasteiger partial charge in [0.25, 0.3) is 0 Å². The summed E-state index contributed by atoms with van der Waals surface area (Å²) in [5.41, 5.74) is 2.54. The molecule has 1 aliphatic carbocycles. The molecule has 0 radical (unpaired) electrons. The molecule has 1 aliphatic rings. The smallest absolute Gasteiger partial charge is 0.191 e. The van der Waals surface area contributed by atoms with Crippen LogP contribution in [0.1, 0.15) is 36.2 Å². The summed E-state index contributed by atoms with van der Waals surface area (Å²) in [7, 11) is 1.84. The molecule has 148 valence electrons. The van der Waals surface area contributed by atoms with E-state index in [0.29, 0.717) is 6.04 Å². The first-order valence-electron chi connectivity index (χ1n) is 9.23. The number of imidazole rings is 1. The highest BCUT2D eigenvalue weighted by atomic mass is 127. The Kier molecular flexibility index (Phi) is 8.95. The van der Waals surface area contributed by atoms with Gasteiger partial charge in [-0.05, 0) is 43.6 Å². The summed E-state index contributed by atoms with van der Waals surface area (Å²) < 4.78 is 2.16. The Morgan fingerprint density at radius 3 is 2.81 bits per heavy atom. The number of hydrogen-bond acceptors (Lipinski definition) is 3. The van der Waals surface area contributed by atoms with Crippen molar-refractivity contribution in [3.8, 4) is 0 Å². The molecule has 0 bridgehead atoms. The average Bonchev–Trinajstić information content (AvgIpc) is 3.28. The van der Waals surface area contributed by atoms with Crippen molar-refractivity contribution in [1.82, 2.24) is 20.2 Å². The van der Waals surface area contributed by atoms with Gasteiger partial charge < -0.3 is 15.2 Å².